The monoisotopic (exact) mass is 262 g/mol. The van der Waals surface area contributed by atoms with Crippen LogP contribution in [0.15, 0.2) is 35.9 Å². The molecule has 0 aliphatic heterocycles. The van der Waals surface area contributed by atoms with Gasteiger partial charge in [-0.1, -0.05) is 17.7 Å². The lowest BCUT2D eigenvalue weighted by atomic mass is 9.82. The molecule has 100 valence electrons. The molecule has 0 heterocycles. The molecule has 1 aromatic rings. The zero-order chi connectivity index (χ0) is 13.8. The summed E-state index contributed by atoms with van der Waals surface area (Å²) in [6, 6.07) is 6.15. The number of allylic oxidation sites excluding steroid dienone is 1. The van der Waals surface area contributed by atoms with Crippen molar-refractivity contribution in [1.29, 1.82) is 0 Å². The van der Waals surface area contributed by atoms with Crippen molar-refractivity contribution in [2.24, 2.45) is 0 Å². The summed E-state index contributed by atoms with van der Waals surface area (Å²) in [7, 11) is 1.32. The fraction of sp³-hybridized carbons (Fsp3) is 0.333. The van der Waals surface area contributed by atoms with Crippen molar-refractivity contribution in [3.8, 4) is 0 Å². The van der Waals surface area contributed by atoms with Gasteiger partial charge in [-0.2, -0.15) is 0 Å². The van der Waals surface area contributed by atoms with E-state index in [1.54, 1.807) is 12.1 Å². The van der Waals surface area contributed by atoms with Crippen LogP contribution in [0.3, 0.4) is 0 Å². The van der Waals surface area contributed by atoms with E-state index >= 15 is 0 Å². The highest BCUT2D eigenvalue weighted by atomic mass is 19.1. The molecule has 0 N–H and O–H groups in total. The van der Waals surface area contributed by atoms with E-state index in [2.05, 4.69) is 4.74 Å². The molecule has 1 atom stereocenters. The molecule has 2 rings (SSSR count). The Morgan fingerprint density at radius 1 is 1.32 bits per heavy atom. The Balaban J connectivity index is 2.13. The van der Waals surface area contributed by atoms with Gasteiger partial charge in [-0.3, -0.25) is 9.59 Å². The summed E-state index contributed by atoms with van der Waals surface area (Å²) in [5, 5.41) is 0. The molecule has 0 saturated carbocycles. The highest BCUT2D eigenvalue weighted by Gasteiger charge is 2.23. The number of esters is 1. The maximum absolute atomic E-state index is 12.9. The molecular weight excluding hydrogens is 247 g/mol. The SMILES string of the molecule is COC(=O)CC1=CC(=O)C[C@H](c2ccc(F)cc2)C1. The van der Waals surface area contributed by atoms with Gasteiger partial charge in [0.25, 0.3) is 0 Å². The van der Waals surface area contributed by atoms with Crippen molar-refractivity contribution in [1.82, 2.24) is 0 Å². The molecule has 0 spiro atoms. The molecule has 19 heavy (non-hydrogen) atoms. The summed E-state index contributed by atoms with van der Waals surface area (Å²) in [5.41, 5.74) is 1.70. The minimum absolute atomic E-state index is 0.000483. The van der Waals surface area contributed by atoms with E-state index < -0.39 is 0 Å². The van der Waals surface area contributed by atoms with Gasteiger partial charge in [0.2, 0.25) is 0 Å². The van der Waals surface area contributed by atoms with Gasteiger partial charge in [-0.15, -0.1) is 0 Å². The van der Waals surface area contributed by atoms with E-state index in [1.807, 2.05) is 0 Å². The lowest BCUT2D eigenvalue weighted by molar-refractivity contribution is -0.139. The fourth-order valence-corrected chi connectivity index (χ4v) is 2.33. The highest BCUT2D eigenvalue weighted by molar-refractivity contribution is 5.93. The van der Waals surface area contributed by atoms with Gasteiger partial charge in [0.15, 0.2) is 5.78 Å². The first-order chi connectivity index (χ1) is 9.08. The third kappa shape index (κ3) is 3.50. The molecule has 1 aliphatic rings. The van der Waals surface area contributed by atoms with Gasteiger partial charge in [-0.25, -0.2) is 4.39 Å². The minimum Gasteiger partial charge on any atom is -0.469 e. The van der Waals surface area contributed by atoms with E-state index in [9.17, 15) is 14.0 Å². The van der Waals surface area contributed by atoms with E-state index in [-0.39, 0.29) is 29.9 Å². The number of carbonyl (C=O) groups is 2. The van der Waals surface area contributed by atoms with Crippen LogP contribution in [0.2, 0.25) is 0 Å². The van der Waals surface area contributed by atoms with Gasteiger partial charge in [0.1, 0.15) is 5.82 Å². The van der Waals surface area contributed by atoms with Crippen molar-refractivity contribution in [3.05, 3.63) is 47.3 Å². The first-order valence-corrected chi connectivity index (χ1v) is 6.13. The molecule has 3 nitrogen and oxygen atoms in total. The Bertz CT molecular complexity index is 517. The number of rotatable bonds is 3. The number of carbonyl (C=O) groups excluding carboxylic acids is 2. The summed E-state index contributed by atoms with van der Waals surface area (Å²) in [6.45, 7) is 0. The maximum atomic E-state index is 12.9. The summed E-state index contributed by atoms with van der Waals surface area (Å²) in [6.07, 6.45) is 2.69. The molecule has 0 bridgehead atoms. The number of halogens is 1. The number of ketones is 1. The molecule has 1 aromatic carbocycles. The largest absolute Gasteiger partial charge is 0.469 e. The maximum Gasteiger partial charge on any atom is 0.309 e. The fourth-order valence-electron chi connectivity index (χ4n) is 2.33. The molecular formula is C15H15FO3. The summed E-state index contributed by atoms with van der Waals surface area (Å²) < 4.78 is 17.5. The van der Waals surface area contributed by atoms with E-state index in [1.165, 1.54) is 25.3 Å². The van der Waals surface area contributed by atoms with Crippen LogP contribution >= 0.6 is 0 Å². The predicted octanol–water partition coefficient (Wildman–Crippen LogP) is 2.76. The number of methoxy groups -OCH3 is 1. The van der Waals surface area contributed by atoms with Crippen LogP contribution in [0.5, 0.6) is 0 Å². The summed E-state index contributed by atoms with van der Waals surface area (Å²) in [5.74, 6) is -0.632. The zero-order valence-corrected chi connectivity index (χ0v) is 10.7. The van der Waals surface area contributed by atoms with Gasteiger partial charge in [-0.05, 0) is 36.1 Å². The Morgan fingerprint density at radius 2 is 2.00 bits per heavy atom. The second kappa shape index (κ2) is 5.78. The van der Waals surface area contributed by atoms with E-state index in [0.717, 1.165) is 11.1 Å². The van der Waals surface area contributed by atoms with Gasteiger partial charge in [0.05, 0.1) is 13.5 Å². The van der Waals surface area contributed by atoms with Crippen molar-refractivity contribution in [3.63, 3.8) is 0 Å². The van der Waals surface area contributed by atoms with Crippen molar-refractivity contribution in [2.75, 3.05) is 7.11 Å². The molecule has 0 aromatic heterocycles. The Morgan fingerprint density at radius 3 is 2.63 bits per heavy atom. The number of hydrogen-bond acceptors (Lipinski definition) is 3. The summed E-state index contributed by atoms with van der Waals surface area (Å²) in [4.78, 5) is 22.9. The zero-order valence-electron chi connectivity index (χ0n) is 10.7. The molecule has 0 fully saturated rings. The predicted molar refractivity (Wildman–Crippen MR) is 68.1 cm³/mol. The van der Waals surface area contributed by atoms with Crippen LogP contribution in [0.1, 0.15) is 30.7 Å². The van der Waals surface area contributed by atoms with Crippen LogP contribution in [0.4, 0.5) is 4.39 Å². The van der Waals surface area contributed by atoms with Crippen LogP contribution in [-0.4, -0.2) is 18.9 Å². The smallest absolute Gasteiger partial charge is 0.309 e. The summed E-state index contributed by atoms with van der Waals surface area (Å²) >= 11 is 0. The van der Waals surface area contributed by atoms with Gasteiger partial charge >= 0.3 is 5.97 Å². The number of benzene rings is 1. The lowest BCUT2D eigenvalue weighted by Gasteiger charge is -2.22. The number of hydrogen-bond donors (Lipinski definition) is 0. The Labute approximate surface area is 111 Å². The van der Waals surface area contributed by atoms with Crippen LogP contribution in [0.25, 0.3) is 0 Å². The Hall–Kier alpha value is -1.97. The van der Waals surface area contributed by atoms with Crippen LogP contribution < -0.4 is 0 Å². The van der Waals surface area contributed by atoms with Crippen molar-refractivity contribution >= 4 is 11.8 Å². The second-order valence-corrected chi connectivity index (χ2v) is 4.68. The first kappa shape index (κ1) is 13.5. The Kier molecular flexibility index (Phi) is 4.10. The lowest BCUT2D eigenvalue weighted by Crippen LogP contribution is -2.15. The number of ether oxygens (including phenoxy) is 1. The topological polar surface area (TPSA) is 43.4 Å². The minimum atomic E-state index is -0.348. The molecule has 0 unspecified atom stereocenters. The van der Waals surface area contributed by atoms with Crippen LogP contribution in [-0.2, 0) is 14.3 Å². The van der Waals surface area contributed by atoms with E-state index in [4.69, 9.17) is 0 Å². The average Bonchev–Trinajstić information content (AvgIpc) is 2.38. The second-order valence-electron chi connectivity index (χ2n) is 4.68. The quantitative estimate of drug-likeness (QED) is 0.787. The molecule has 0 amide bonds. The normalized spacial score (nSPS) is 18.9. The van der Waals surface area contributed by atoms with Gasteiger partial charge in [0, 0.05) is 6.42 Å². The first-order valence-electron chi connectivity index (χ1n) is 6.13. The average molecular weight is 262 g/mol. The third-order valence-electron chi connectivity index (χ3n) is 3.26. The highest BCUT2D eigenvalue weighted by Crippen LogP contribution is 2.32. The van der Waals surface area contributed by atoms with Crippen molar-refractivity contribution in [2.45, 2.75) is 25.2 Å². The van der Waals surface area contributed by atoms with Gasteiger partial charge < -0.3 is 4.74 Å². The molecule has 0 saturated heterocycles. The third-order valence-corrected chi connectivity index (χ3v) is 3.26. The van der Waals surface area contributed by atoms with E-state index in [0.29, 0.717) is 12.8 Å². The molecule has 0 radical (unpaired) electrons. The van der Waals surface area contributed by atoms with Crippen LogP contribution in [0, 0.1) is 5.82 Å². The molecule has 4 heteroatoms. The van der Waals surface area contributed by atoms with Crippen molar-refractivity contribution < 1.29 is 18.7 Å². The molecule has 1 aliphatic carbocycles. The standard InChI is InChI=1S/C15H15FO3/c1-19-15(18)8-10-6-12(9-14(17)7-10)11-2-4-13(16)5-3-11/h2-5,7,12H,6,8-9H2,1H3/t12-/m1/s1.